The summed E-state index contributed by atoms with van der Waals surface area (Å²) in [7, 11) is 0. The van der Waals surface area contributed by atoms with Crippen LogP contribution >= 0.6 is 0 Å². The lowest BCUT2D eigenvalue weighted by Gasteiger charge is -2.11. The van der Waals surface area contributed by atoms with Crippen LogP contribution in [0.15, 0.2) is 6.20 Å². The van der Waals surface area contributed by atoms with Crippen molar-refractivity contribution in [1.29, 1.82) is 0 Å². The Balaban J connectivity index is 2.97. The SMILES string of the molecule is Cc1ncc(CC(=O)O)c(OC(C)C)n1. The Morgan fingerprint density at radius 3 is 2.80 bits per heavy atom. The molecule has 82 valence electrons. The number of carboxylic acids is 1. The van der Waals surface area contributed by atoms with Crippen LogP contribution in [0.2, 0.25) is 0 Å². The number of nitrogens with zero attached hydrogens (tertiary/aromatic N) is 2. The fourth-order valence-corrected chi connectivity index (χ4v) is 1.08. The van der Waals surface area contributed by atoms with E-state index in [1.807, 2.05) is 13.8 Å². The lowest BCUT2D eigenvalue weighted by molar-refractivity contribution is -0.136. The quantitative estimate of drug-likeness (QED) is 0.808. The molecule has 0 spiro atoms. The van der Waals surface area contributed by atoms with Gasteiger partial charge >= 0.3 is 5.97 Å². The highest BCUT2D eigenvalue weighted by Crippen LogP contribution is 2.16. The van der Waals surface area contributed by atoms with Crippen LogP contribution in [0, 0.1) is 6.92 Å². The van der Waals surface area contributed by atoms with E-state index in [1.165, 1.54) is 6.20 Å². The summed E-state index contributed by atoms with van der Waals surface area (Å²) in [4.78, 5) is 18.6. The van der Waals surface area contributed by atoms with Gasteiger partial charge in [-0.3, -0.25) is 4.79 Å². The third kappa shape index (κ3) is 3.53. The van der Waals surface area contributed by atoms with Gasteiger partial charge in [-0.2, -0.15) is 4.98 Å². The van der Waals surface area contributed by atoms with Gasteiger partial charge in [-0.15, -0.1) is 0 Å². The molecule has 1 N–H and O–H groups in total. The first-order valence-electron chi connectivity index (χ1n) is 4.70. The molecule has 0 saturated carbocycles. The molecule has 0 aliphatic rings. The zero-order chi connectivity index (χ0) is 11.4. The van der Waals surface area contributed by atoms with Gasteiger partial charge in [-0.05, 0) is 20.8 Å². The summed E-state index contributed by atoms with van der Waals surface area (Å²) >= 11 is 0. The van der Waals surface area contributed by atoms with Crippen LogP contribution in [0.25, 0.3) is 0 Å². The lowest BCUT2D eigenvalue weighted by atomic mass is 10.2. The molecule has 1 heterocycles. The Hall–Kier alpha value is -1.65. The summed E-state index contributed by atoms with van der Waals surface area (Å²) in [5.41, 5.74) is 0.502. The van der Waals surface area contributed by atoms with E-state index in [-0.39, 0.29) is 12.5 Å². The molecule has 15 heavy (non-hydrogen) atoms. The van der Waals surface area contributed by atoms with Crippen molar-refractivity contribution in [3.63, 3.8) is 0 Å². The molecule has 0 aliphatic carbocycles. The Bertz CT molecular complexity index is 364. The normalized spacial score (nSPS) is 10.4. The maximum atomic E-state index is 10.6. The van der Waals surface area contributed by atoms with Crippen LogP contribution in [0.5, 0.6) is 5.88 Å². The fourth-order valence-electron chi connectivity index (χ4n) is 1.08. The van der Waals surface area contributed by atoms with E-state index in [0.29, 0.717) is 17.3 Å². The molecule has 0 saturated heterocycles. The molecule has 5 heteroatoms. The molecule has 0 unspecified atom stereocenters. The topological polar surface area (TPSA) is 72.3 Å². The smallest absolute Gasteiger partial charge is 0.308 e. The largest absolute Gasteiger partial charge is 0.481 e. The molecule has 0 atom stereocenters. The molecule has 0 amide bonds. The zero-order valence-corrected chi connectivity index (χ0v) is 9.02. The predicted molar refractivity (Wildman–Crippen MR) is 53.9 cm³/mol. The average molecular weight is 210 g/mol. The number of carbonyl (C=O) groups is 1. The first kappa shape index (κ1) is 11.4. The molecule has 0 radical (unpaired) electrons. The summed E-state index contributed by atoms with van der Waals surface area (Å²) in [5, 5.41) is 8.68. The van der Waals surface area contributed by atoms with Crippen LogP contribution < -0.4 is 4.74 Å². The first-order chi connectivity index (χ1) is 6.99. The molecule has 1 aromatic heterocycles. The van der Waals surface area contributed by atoms with E-state index in [2.05, 4.69) is 9.97 Å². The van der Waals surface area contributed by atoms with Gasteiger partial charge in [0.05, 0.1) is 12.5 Å². The number of ether oxygens (including phenoxy) is 1. The Labute approximate surface area is 88.1 Å². The van der Waals surface area contributed by atoms with Crippen LogP contribution in [0.4, 0.5) is 0 Å². The van der Waals surface area contributed by atoms with Gasteiger partial charge < -0.3 is 9.84 Å². The first-order valence-corrected chi connectivity index (χ1v) is 4.70. The molecular formula is C10H14N2O3. The number of hydrogen-bond acceptors (Lipinski definition) is 4. The van der Waals surface area contributed by atoms with Crippen molar-refractivity contribution in [2.75, 3.05) is 0 Å². The fraction of sp³-hybridized carbons (Fsp3) is 0.500. The number of aliphatic carboxylic acids is 1. The van der Waals surface area contributed by atoms with Gasteiger partial charge in [0.2, 0.25) is 5.88 Å². The Morgan fingerprint density at radius 2 is 2.27 bits per heavy atom. The monoisotopic (exact) mass is 210 g/mol. The second-order valence-electron chi connectivity index (χ2n) is 3.48. The number of aryl methyl sites for hydroxylation is 1. The molecule has 1 rings (SSSR count). The Morgan fingerprint density at radius 1 is 1.60 bits per heavy atom. The van der Waals surface area contributed by atoms with Gasteiger partial charge in [0, 0.05) is 11.8 Å². The van der Waals surface area contributed by atoms with Gasteiger partial charge in [-0.25, -0.2) is 4.98 Å². The van der Waals surface area contributed by atoms with E-state index >= 15 is 0 Å². The van der Waals surface area contributed by atoms with Crippen molar-refractivity contribution in [2.24, 2.45) is 0 Å². The van der Waals surface area contributed by atoms with Gasteiger partial charge in [0.1, 0.15) is 5.82 Å². The zero-order valence-electron chi connectivity index (χ0n) is 9.02. The number of hydrogen-bond donors (Lipinski definition) is 1. The summed E-state index contributed by atoms with van der Waals surface area (Å²) in [6, 6.07) is 0. The van der Waals surface area contributed by atoms with Gasteiger partial charge in [0.25, 0.3) is 0 Å². The highest BCUT2D eigenvalue weighted by molar-refractivity contribution is 5.70. The maximum Gasteiger partial charge on any atom is 0.308 e. The van der Waals surface area contributed by atoms with Gasteiger partial charge in [0.15, 0.2) is 0 Å². The third-order valence-corrected chi connectivity index (χ3v) is 1.63. The minimum atomic E-state index is -0.920. The summed E-state index contributed by atoms with van der Waals surface area (Å²) in [6.07, 6.45) is 1.34. The number of carboxylic acid groups (broad SMARTS) is 1. The van der Waals surface area contributed by atoms with Crippen LogP contribution in [0.3, 0.4) is 0 Å². The minimum Gasteiger partial charge on any atom is -0.481 e. The lowest BCUT2D eigenvalue weighted by Crippen LogP contribution is -2.12. The average Bonchev–Trinajstić information content (AvgIpc) is 2.08. The summed E-state index contributed by atoms with van der Waals surface area (Å²) < 4.78 is 5.41. The summed E-state index contributed by atoms with van der Waals surface area (Å²) in [5.74, 6) is 0.00995. The van der Waals surface area contributed by atoms with E-state index in [9.17, 15) is 4.79 Å². The minimum absolute atomic E-state index is 0.0353. The van der Waals surface area contributed by atoms with Crippen LogP contribution in [0.1, 0.15) is 25.2 Å². The molecule has 0 fully saturated rings. The van der Waals surface area contributed by atoms with E-state index in [4.69, 9.17) is 9.84 Å². The van der Waals surface area contributed by atoms with Crippen molar-refractivity contribution in [3.05, 3.63) is 17.6 Å². The number of aromatic nitrogens is 2. The van der Waals surface area contributed by atoms with E-state index < -0.39 is 5.97 Å². The van der Waals surface area contributed by atoms with Crippen LogP contribution in [-0.2, 0) is 11.2 Å². The highest BCUT2D eigenvalue weighted by Gasteiger charge is 2.11. The van der Waals surface area contributed by atoms with E-state index in [1.54, 1.807) is 6.92 Å². The van der Waals surface area contributed by atoms with Gasteiger partial charge in [-0.1, -0.05) is 0 Å². The molecule has 1 aromatic rings. The van der Waals surface area contributed by atoms with Crippen molar-refractivity contribution in [2.45, 2.75) is 33.3 Å². The summed E-state index contributed by atoms with van der Waals surface area (Å²) in [6.45, 7) is 5.46. The molecule has 0 aromatic carbocycles. The van der Waals surface area contributed by atoms with Crippen molar-refractivity contribution in [1.82, 2.24) is 9.97 Å². The van der Waals surface area contributed by atoms with E-state index in [0.717, 1.165) is 0 Å². The molecule has 0 aliphatic heterocycles. The Kier molecular flexibility index (Phi) is 3.60. The maximum absolute atomic E-state index is 10.6. The molecule has 5 nitrogen and oxygen atoms in total. The van der Waals surface area contributed by atoms with Crippen molar-refractivity contribution >= 4 is 5.97 Å². The second kappa shape index (κ2) is 4.72. The van der Waals surface area contributed by atoms with Crippen molar-refractivity contribution < 1.29 is 14.6 Å². The van der Waals surface area contributed by atoms with Crippen LogP contribution in [-0.4, -0.2) is 27.1 Å². The second-order valence-corrected chi connectivity index (χ2v) is 3.48. The number of rotatable bonds is 4. The molecular weight excluding hydrogens is 196 g/mol. The highest BCUT2D eigenvalue weighted by atomic mass is 16.5. The third-order valence-electron chi connectivity index (χ3n) is 1.63. The predicted octanol–water partition coefficient (Wildman–Crippen LogP) is 1.20. The van der Waals surface area contributed by atoms with Crippen molar-refractivity contribution in [3.8, 4) is 5.88 Å². The standard InChI is InChI=1S/C10H14N2O3/c1-6(2)15-10-8(4-9(13)14)5-11-7(3)12-10/h5-6H,4H2,1-3H3,(H,13,14). The molecule has 0 bridgehead atoms.